The molecule has 0 aliphatic rings. The van der Waals surface area contributed by atoms with Crippen LogP contribution in [0.3, 0.4) is 0 Å². The second kappa shape index (κ2) is 7.69. The van der Waals surface area contributed by atoms with E-state index in [0.717, 1.165) is 33.9 Å². The number of aromatic nitrogens is 2. The highest BCUT2D eigenvalue weighted by molar-refractivity contribution is 6.14. The van der Waals surface area contributed by atoms with E-state index in [2.05, 4.69) is 22.3 Å². The van der Waals surface area contributed by atoms with Crippen LogP contribution in [0.25, 0.3) is 22.4 Å². The lowest BCUT2D eigenvalue weighted by atomic mass is 10.0. The highest BCUT2D eigenvalue weighted by Gasteiger charge is 2.27. The van der Waals surface area contributed by atoms with Crippen LogP contribution in [0.2, 0.25) is 0 Å². The smallest absolute Gasteiger partial charge is 0.259 e. The van der Waals surface area contributed by atoms with E-state index in [0.29, 0.717) is 28.1 Å². The van der Waals surface area contributed by atoms with Crippen molar-refractivity contribution in [3.05, 3.63) is 64.2 Å². The van der Waals surface area contributed by atoms with Gasteiger partial charge in [0.15, 0.2) is 0 Å². The fraction of sp³-hybridized carbons (Fsp3) is 0.320. The molecule has 0 N–H and O–H groups in total. The Kier molecular flexibility index (Phi) is 5.17. The monoisotopic (exact) mass is 417 g/mol. The molecule has 6 heteroatoms. The summed E-state index contributed by atoms with van der Waals surface area (Å²) in [6.07, 6.45) is 0. The summed E-state index contributed by atoms with van der Waals surface area (Å²) in [4.78, 5) is 20.5. The molecule has 0 aliphatic carbocycles. The maximum Gasteiger partial charge on any atom is 0.259 e. The topological polar surface area (TPSA) is 72.4 Å². The van der Waals surface area contributed by atoms with Crippen LogP contribution in [0.1, 0.15) is 52.5 Å². The zero-order valence-electron chi connectivity index (χ0n) is 19.0. The number of carbonyl (C=O) groups excluding carboxylic acids is 1. The van der Waals surface area contributed by atoms with E-state index in [1.165, 1.54) is 0 Å². The van der Waals surface area contributed by atoms with Gasteiger partial charge in [0.2, 0.25) is 0 Å². The number of fused-ring (bicyclic) bond motifs is 1. The maximum absolute atomic E-state index is 14.0. The summed E-state index contributed by atoms with van der Waals surface area (Å²) in [6, 6.07) is 9.86. The molecule has 3 heterocycles. The average Bonchev–Trinajstić information content (AvgIpc) is 3.25. The van der Waals surface area contributed by atoms with Crippen molar-refractivity contribution >= 4 is 22.7 Å². The Hall–Kier alpha value is -3.41. The number of rotatable bonds is 4. The molecule has 0 spiro atoms. The van der Waals surface area contributed by atoms with Gasteiger partial charge in [0, 0.05) is 17.3 Å². The molecule has 0 saturated heterocycles. The number of benzene rings is 1. The molecule has 0 unspecified atom stereocenters. The van der Waals surface area contributed by atoms with E-state index in [4.69, 9.17) is 8.94 Å². The van der Waals surface area contributed by atoms with Gasteiger partial charge in [0.25, 0.3) is 11.6 Å². The van der Waals surface area contributed by atoms with Gasteiger partial charge >= 0.3 is 0 Å². The minimum absolute atomic E-state index is 0.0438. The number of amides is 1. The number of aryl methyl sites for hydroxylation is 5. The Morgan fingerprint density at radius 1 is 1.03 bits per heavy atom. The van der Waals surface area contributed by atoms with Gasteiger partial charge in [-0.15, -0.1) is 0 Å². The summed E-state index contributed by atoms with van der Waals surface area (Å²) in [6.45, 7) is 13.7. The molecule has 31 heavy (non-hydrogen) atoms. The number of hydrogen-bond acceptors (Lipinski definition) is 5. The molecular weight excluding hydrogens is 390 g/mol. The second-order valence-corrected chi connectivity index (χ2v) is 8.39. The minimum Gasteiger partial charge on any atom is -0.466 e. The van der Waals surface area contributed by atoms with Crippen LogP contribution < -0.4 is 4.90 Å². The Bertz CT molecular complexity index is 1300. The van der Waals surface area contributed by atoms with Crippen molar-refractivity contribution in [3.63, 3.8) is 0 Å². The van der Waals surface area contributed by atoms with E-state index in [-0.39, 0.29) is 11.9 Å². The molecule has 0 aliphatic heterocycles. The van der Waals surface area contributed by atoms with Crippen LogP contribution in [0.4, 0.5) is 5.69 Å². The van der Waals surface area contributed by atoms with E-state index in [1.807, 2.05) is 71.6 Å². The number of furan rings is 1. The summed E-state index contributed by atoms with van der Waals surface area (Å²) >= 11 is 0. The molecule has 4 aromatic rings. The third-order valence-corrected chi connectivity index (χ3v) is 5.52. The van der Waals surface area contributed by atoms with Crippen molar-refractivity contribution in [1.29, 1.82) is 0 Å². The van der Waals surface area contributed by atoms with Gasteiger partial charge in [-0.2, -0.15) is 0 Å². The fourth-order valence-electron chi connectivity index (χ4n) is 4.02. The molecule has 6 nitrogen and oxygen atoms in total. The largest absolute Gasteiger partial charge is 0.466 e. The first-order chi connectivity index (χ1) is 14.7. The fourth-order valence-corrected chi connectivity index (χ4v) is 4.02. The van der Waals surface area contributed by atoms with Crippen LogP contribution in [-0.4, -0.2) is 22.1 Å². The molecule has 3 aromatic heterocycles. The van der Waals surface area contributed by atoms with Gasteiger partial charge in [-0.25, -0.2) is 4.98 Å². The summed E-state index contributed by atoms with van der Waals surface area (Å²) in [5, 5.41) is 4.72. The molecular formula is C25H27N3O3. The van der Waals surface area contributed by atoms with Gasteiger partial charge in [-0.1, -0.05) is 17.3 Å². The predicted molar refractivity (Wildman–Crippen MR) is 122 cm³/mol. The second-order valence-electron chi connectivity index (χ2n) is 8.39. The van der Waals surface area contributed by atoms with Crippen LogP contribution in [0, 0.1) is 34.6 Å². The first-order valence-corrected chi connectivity index (χ1v) is 10.4. The zero-order valence-corrected chi connectivity index (χ0v) is 19.0. The normalized spacial score (nSPS) is 11.5. The van der Waals surface area contributed by atoms with Crippen molar-refractivity contribution < 1.29 is 13.7 Å². The van der Waals surface area contributed by atoms with Crippen molar-refractivity contribution in [1.82, 2.24) is 10.1 Å². The lowest BCUT2D eigenvalue weighted by molar-refractivity contribution is 0.0981. The molecule has 0 radical (unpaired) electrons. The van der Waals surface area contributed by atoms with Crippen LogP contribution >= 0.6 is 0 Å². The standard InChI is InChI=1S/C25H27N3O3/c1-13(2)28(22-10-14(3)8-9-15(22)4)25(29)20-12-21(19-11-16(5)30-18(19)7)26-24-23(20)17(6)27-31-24/h8-13H,1-7H3. The number of carbonyl (C=O) groups is 1. The lowest BCUT2D eigenvalue weighted by Crippen LogP contribution is -2.37. The van der Waals surface area contributed by atoms with Crippen LogP contribution in [-0.2, 0) is 0 Å². The van der Waals surface area contributed by atoms with Gasteiger partial charge in [0.05, 0.1) is 22.3 Å². The molecule has 0 fully saturated rings. The first kappa shape index (κ1) is 20.8. The Balaban J connectivity index is 1.94. The SMILES string of the molecule is Cc1ccc(C)c(N(C(=O)c2cc(-c3cc(C)oc3C)nc3onc(C)c23)C(C)C)c1. The van der Waals surface area contributed by atoms with Crippen molar-refractivity contribution in [2.24, 2.45) is 0 Å². The summed E-state index contributed by atoms with van der Waals surface area (Å²) in [7, 11) is 0. The van der Waals surface area contributed by atoms with Crippen molar-refractivity contribution in [2.45, 2.75) is 54.5 Å². The van der Waals surface area contributed by atoms with E-state index < -0.39 is 0 Å². The maximum atomic E-state index is 14.0. The Morgan fingerprint density at radius 3 is 2.42 bits per heavy atom. The number of anilines is 1. The average molecular weight is 418 g/mol. The summed E-state index contributed by atoms with van der Waals surface area (Å²) in [5.41, 5.74) is 6.02. The molecule has 0 atom stereocenters. The molecule has 1 aromatic carbocycles. The van der Waals surface area contributed by atoms with Crippen molar-refractivity contribution in [3.8, 4) is 11.3 Å². The van der Waals surface area contributed by atoms with Crippen LogP contribution in [0.15, 0.2) is 39.3 Å². The number of pyridine rings is 1. The quantitative estimate of drug-likeness (QED) is 0.402. The van der Waals surface area contributed by atoms with Gasteiger partial charge in [-0.05, 0) is 77.8 Å². The third kappa shape index (κ3) is 3.63. The zero-order chi connectivity index (χ0) is 22.4. The molecule has 0 bridgehead atoms. The first-order valence-electron chi connectivity index (χ1n) is 10.4. The summed E-state index contributed by atoms with van der Waals surface area (Å²) in [5.74, 6) is 1.42. The van der Waals surface area contributed by atoms with E-state index >= 15 is 0 Å². The van der Waals surface area contributed by atoms with E-state index in [9.17, 15) is 4.79 Å². The number of nitrogens with zero attached hydrogens (tertiary/aromatic N) is 3. The van der Waals surface area contributed by atoms with E-state index in [1.54, 1.807) is 0 Å². The Labute approximate surface area is 181 Å². The highest BCUT2D eigenvalue weighted by Crippen LogP contribution is 2.33. The van der Waals surface area contributed by atoms with Crippen LogP contribution in [0.5, 0.6) is 0 Å². The molecule has 4 rings (SSSR count). The Morgan fingerprint density at radius 2 is 1.77 bits per heavy atom. The molecule has 160 valence electrons. The number of hydrogen-bond donors (Lipinski definition) is 0. The lowest BCUT2D eigenvalue weighted by Gasteiger charge is -2.29. The van der Waals surface area contributed by atoms with Gasteiger partial charge in [-0.3, -0.25) is 4.79 Å². The summed E-state index contributed by atoms with van der Waals surface area (Å²) < 4.78 is 11.2. The highest BCUT2D eigenvalue weighted by atomic mass is 16.5. The predicted octanol–water partition coefficient (Wildman–Crippen LogP) is 6.08. The van der Waals surface area contributed by atoms with Crippen molar-refractivity contribution in [2.75, 3.05) is 4.90 Å². The molecule has 1 amide bonds. The minimum atomic E-state index is -0.110. The van der Waals surface area contributed by atoms with Gasteiger partial charge in [0.1, 0.15) is 11.5 Å². The van der Waals surface area contributed by atoms with Gasteiger partial charge < -0.3 is 13.8 Å². The molecule has 0 saturated carbocycles. The third-order valence-electron chi connectivity index (χ3n) is 5.52.